The van der Waals surface area contributed by atoms with Gasteiger partial charge in [0.05, 0.1) is 11.5 Å². The SMILES string of the molecule is COCc1cc([N+](=O)[O-])ccc1N1CCC(C)(C)C1. The Morgan fingerprint density at radius 1 is 1.47 bits per heavy atom. The zero-order valence-corrected chi connectivity index (χ0v) is 11.7. The summed E-state index contributed by atoms with van der Waals surface area (Å²) >= 11 is 0. The van der Waals surface area contributed by atoms with Crippen molar-refractivity contribution in [1.29, 1.82) is 0 Å². The van der Waals surface area contributed by atoms with Crippen molar-refractivity contribution >= 4 is 11.4 Å². The number of non-ortho nitro benzene ring substituents is 1. The molecule has 1 heterocycles. The monoisotopic (exact) mass is 264 g/mol. The van der Waals surface area contributed by atoms with Crippen LogP contribution in [0.1, 0.15) is 25.8 Å². The van der Waals surface area contributed by atoms with Crippen LogP contribution in [-0.4, -0.2) is 25.1 Å². The summed E-state index contributed by atoms with van der Waals surface area (Å²) in [6.07, 6.45) is 1.14. The number of anilines is 1. The number of nitro benzene ring substituents is 1. The van der Waals surface area contributed by atoms with Crippen LogP contribution < -0.4 is 4.90 Å². The summed E-state index contributed by atoms with van der Waals surface area (Å²) in [4.78, 5) is 12.8. The van der Waals surface area contributed by atoms with Gasteiger partial charge in [-0.25, -0.2) is 0 Å². The molecule has 0 unspecified atom stereocenters. The van der Waals surface area contributed by atoms with Gasteiger partial charge in [0, 0.05) is 43.6 Å². The number of methoxy groups -OCH3 is 1. The number of rotatable bonds is 4. The molecule has 5 nitrogen and oxygen atoms in total. The Hall–Kier alpha value is -1.62. The predicted molar refractivity (Wildman–Crippen MR) is 74.4 cm³/mol. The van der Waals surface area contributed by atoms with Crippen LogP contribution in [0.3, 0.4) is 0 Å². The van der Waals surface area contributed by atoms with Gasteiger partial charge in [-0.15, -0.1) is 0 Å². The number of nitro groups is 1. The van der Waals surface area contributed by atoms with Crippen molar-refractivity contribution in [2.45, 2.75) is 26.9 Å². The van der Waals surface area contributed by atoms with Gasteiger partial charge >= 0.3 is 0 Å². The summed E-state index contributed by atoms with van der Waals surface area (Å²) < 4.78 is 5.17. The first-order valence-electron chi connectivity index (χ1n) is 6.44. The van der Waals surface area contributed by atoms with Crippen molar-refractivity contribution in [2.24, 2.45) is 5.41 Å². The van der Waals surface area contributed by atoms with E-state index in [-0.39, 0.29) is 10.6 Å². The molecule has 1 aromatic rings. The second-order valence-corrected chi connectivity index (χ2v) is 5.84. The minimum atomic E-state index is -0.364. The molecule has 0 aromatic heterocycles. The quantitative estimate of drug-likeness (QED) is 0.619. The first-order valence-corrected chi connectivity index (χ1v) is 6.44. The van der Waals surface area contributed by atoms with Gasteiger partial charge in [0.25, 0.3) is 5.69 Å². The van der Waals surface area contributed by atoms with Crippen molar-refractivity contribution in [3.8, 4) is 0 Å². The fourth-order valence-corrected chi connectivity index (χ4v) is 2.58. The lowest BCUT2D eigenvalue weighted by Crippen LogP contribution is -2.23. The molecule has 104 valence electrons. The van der Waals surface area contributed by atoms with Gasteiger partial charge < -0.3 is 9.64 Å². The van der Waals surface area contributed by atoms with Crippen molar-refractivity contribution in [1.82, 2.24) is 0 Å². The number of ether oxygens (including phenoxy) is 1. The molecule has 1 aliphatic heterocycles. The number of hydrogen-bond acceptors (Lipinski definition) is 4. The van der Waals surface area contributed by atoms with Crippen LogP contribution in [0.15, 0.2) is 18.2 Å². The third kappa shape index (κ3) is 3.04. The Bertz CT molecular complexity index is 486. The van der Waals surface area contributed by atoms with Crippen LogP contribution >= 0.6 is 0 Å². The van der Waals surface area contributed by atoms with E-state index in [0.717, 1.165) is 30.8 Å². The summed E-state index contributed by atoms with van der Waals surface area (Å²) in [6, 6.07) is 5.03. The zero-order valence-electron chi connectivity index (χ0n) is 11.7. The molecule has 2 rings (SSSR count). The summed E-state index contributed by atoms with van der Waals surface area (Å²) in [5.74, 6) is 0. The van der Waals surface area contributed by atoms with Crippen LogP contribution in [0.4, 0.5) is 11.4 Å². The molecule has 0 radical (unpaired) electrons. The predicted octanol–water partition coefficient (Wildman–Crippen LogP) is 2.98. The number of nitrogens with zero attached hydrogens (tertiary/aromatic N) is 2. The van der Waals surface area contributed by atoms with Crippen molar-refractivity contribution in [2.75, 3.05) is 25.1 Å². The highest BCUT2D eigenvalue weighted by atomic mass is 16.6. The summed E-state index contributed by atoms with van der Waals surface area (Å²) in [5.41, 5.74) is 2.35. The van der Waals surface area contributed by atoms with E-state index in [1.807, 2.05) is 6.07 Å². The lowest BCUT2D eigenvalue weighted by Gasteiger charge is -2.24. The molecule has 1 aromatic carbocycles. The van der Waals surface area contributed by atoms with Gasteiger partial charge in [-0.05, 0) is 17.9 Å². The molecule has 0 saturated carbocycles. The lowest BCUT2D eigenvalue weighted by molar-refractivity contribution is -0.384. The molecule has 0 N–H and O–H groups in total. The Morgan fingerprint density at radius 3 is 2.74 bits per heavy atom. The van der Waals surface area contributed by atoms with Crippen LogP contribution in [-0.2, 0) is 11.3 Å². The van der Waals surface area contributed by atoms with Gasteiger partial charge in [-0.3, -0.25) is 10.1 Å². The smallest absolute Gasteiger partial charge is 0.269 e. The van der Waals surface area contributed by atoms with E-state index in [4.69, 9.17) is 4.74 Å². The van der Waals surface area contributed by atoms with Crippen LogP contribution in [0.25, 0.3) is 0 Å². The van der Waals surface area contributed by atoms with E-state index in [0.29, 0.717) is 12.0 Å². The normalized spacial score (nSPS) is 17.7. The molecule has 0 bridgehead atoms. The van der Waals surface area contributed by atoms with Gasteiger partial charge in [0.1, 0.15) is 0 Å². The topological polar surface area (TPSA) is 55.6 Å². The largest absolute Gasteiger partial charge is 0.380 e. The summed E-state index contributed by atoms with van der Waals surface area (Å²) in [6.45, 7) is 6.85. The average molecular weight is 264 g/mol. The molecule has 0 amide bonds. The molecule has 5 heteroatoms. The molecule has 1 fully saturated rings. The Kier molecular flexibility index (Phi) is 3.75. The zero-order chi connectivity index (χ0) is 14.0. The van der Waals surface area contributed by atoms with Crippen molar-refractivity contribution in [3.63, 3.8) is 0 Å². The van der Waals surface area contributed by atoms with E-state index < -0.39 is 0 Å². The average Bonchev–Trinajstić information content (AvgIpc) is 2.70. The Morgan fingerprint density at radius 2 is 2.21 bits per heavy atom. The first-order chi connectivity index (χ1) is 8.93. The van der Waals surface area contributed by atoms with Crippen LogP contribution in [0.5, 0.6) is 0 Å². The van der Waals surface area contributed by atoms with E-state index >= 15 is 0 Å². The number of benzene rings is 1. The molecular formula is C14H20N2O3. The maximum absolute atomic E-state index is 10.8. The fraction of sp³-hybridized carbons (Fsp3) is 0.571. The van der Waals surface area contributed by atoms with Gasteiger partial charge in [-0.2, -0.15) is 0 Å². The molecule has 0 spiro atoms. The Balaban J connectivity index is 2.32. The van der Waals surface area contributed by atoms with Gasteiger partial charge in [-0.1, -0.05) is 13.8 Å². The maximum Gasteiger partial charge on any atom is 0.269 e. The minimum absolute atomic E-state index is 0.120. The first kappa shape index (κ1) is 13.8. The van der Waals surface area contributed by atoms with E-state index in [1.54, 1.807) is 19.2 Å². The van der Waals surface area contributed by atoms with Crippen LogP contribution in [0.2, 0.25) is 0 Å². The summed E-state index contributed by atoms with van der Waals surface area (Å²) in [7, 11) is 1.61. The molecule has 1 saturated heterocycles. The van der Waals surface area contributed by atoms with Crippen molar-refractivity contribution in [3.05, 3.63) is 33.9 Å². The third-order valence-electron chi connectivity index (χ3n) is 3.59. The third-order valence-corrected chi connectivity index (χ3v) is 3.59. The maximum atomic E-state index is 10.8. The van der Waals surface area contributed by atoms with E-state index in [2.05, 4.69) is 18.7 Å². The highest BCUT2D eigenvalue weighted by Crippen LogP contribution is 2.35. The second kappa shape index (κ2) is 5.17. The van der Waals surface area contributed by atoms with Gasteiger partial charge in [0.15, 0.2) is 0 Å². The highest BCUT2D eigenvalue weighted by molar-refractivity contribution is 5.58. The molecule has 1 aliphatic rings. The molecule has 0 atom stereocenters. The second-order valence-electron chi connectivity index (χ2n) is 5.84. The molecular weight excluding hydrogens is 244 g/mol. The van der Waals surface area contributed by atoms with E-state index in [1.165, 1.54) is 0 Å². The van der Waals surface area contributed by atoms with Gasteiger partial charge in [0.2, 0.25) is 0 Å². The highest BCUT2D eigenvalue weighted by Gasteiger charge is 2.30. The van der Waals surface area contributed by atoms with Crippen LogP contribution in [0, 0.1) is 15.5 Å². The molecule has 19 heavy (non-hydrogen) atoms. The van der Waals surface area contributed by atoms with Crippen molar-refractivity contribution < 1.29 is 9.66 Å². The fourth-order valence-electron chi connectivity index (χ4n) is 2.58. The van der Waals surface area contributed by atoms with E-state index in [9.17, 15) is 10.1 Å². The summed E-state index contributed by atoms with van der Waals surface area (Å²) in [5, 5.41) is 10.8. The lowest BCUT2D eigenvalue weighted by atomic mass is 9.93. The Labute approximate surface area is 113 Å². The number of hydrogen-bond donors (Lipinski definition) is 0. The minimum Gasteiger partial charge on any atom is -0.380 e. The molecule has 0 aliphatic carbocycles. The standard InChI is InChI=1S/C14H20N2O3/c1-14(2)6-7-15(10-14)13-5-4-12(16(17)18)8-11(13)9-19-3/h4-5,8H,6-7,9-10H2,1-3H3.